The van der Waals surface area contributed by atoms with Gasteiger partial charge in [0.15, 0.2) is 16.9 Å². The second-order valence-corrected chi connectivity index (χ2v) is 8.42. The molecule has 35 heavy (non-hydrogen) atoms. The van der Waals surface area contributed by atoms with Crippen molar-refractivity contribution in [1.82, 2.24) is 4.90 Å². The molecule has 8 heteroatoms. The number of rotatable bonds is 13. The zero-order valence-corrected chi connectivity index (χ0v) is 21.8. The molecule has 0 unspecified atom stereocenters. The summed E-state index contributed by atoms with van der Waals surface area (Å²) < 4.78 is 26.2. The molecule has 0 spiro atoms. The molecular weight excluding hydrogens is 450 g/mol. The predicted molar refractivity (Wildman–Crippen MR) is 133 cm³/mol. The number of carbonyl (C=O) groups is 2. The Hall–Kier alpha value is -3.26. The van der Waals surface area contributed by atoms with Gasteiger partial charge < -0.3 is 28.6 Å². The SMILES string of the molecule is COC(=O)C(CCCN(C)CCc1ccc(OC)c(OC)c1)(C(=O)OC)c1ccc(OC)c(C)c1. The van der Waals surface area contributed by atoms with Crippen LogP contribution in [0.25, 0.3) is 0 Å². The van der Waals surface area contributed by atoms with Crippen molar-refractivity contribution in [3.63, 3.8) is 0 Å². The molecule has 0 aliphatic carbocycles. The summed E-state index contributed by atoms with van der Waals surface area (Å²) in [5.74, 6) is 0.791. The maximum absolute atomic E-state index is 13.0. The van der Waals surface area contributed by atoms with Gasteiger partial charge in [0.05, 0.1) is 35.5 Å². The van der Waals surface area contributed by atoms with Crippen molar-refractivity contribution in [1.29, 1.82) is 0 Å². The number of ether oxygens (including phenoxy) is 5. The normalized spacial score (nSPS) is 11.2. The van der Waals surface area contributed by atoms with Gasteiger partial charge in [0.1, 0.15) is 5.75 Å². The molecule has 0 saturated heterocycles. The topological polar surface area (TPSA) is 83.5 Å². The third-order valence-electron chi connectivity index (χ3n) is 6.28. The molecule has 0 amide bonds. The highest BCUT2D eigenvalue weighted by Gasteiger charge is 2.49. The predicted octanol–water partition coefficient (Wildman–Crippen LogP) is 3.56. The van der Waals surface area contributed by atoms with Gasteiger partial charge in [-0.2, -0.15) is 0 Å². The maximum atomic E-state index is 13.0. The summed E-state index contributed by atoms with van der Waals surface area (Å²) in [5.41, 5.74) is 0.920. The lowest BCUT2D eigenvalue weighted by Crippen LogP contribution is -2.46. The van der Waals surface area contributed by atoms with Gasteiger partial charge in [0.2, 0.25) is 0 Å². The first-order valence-electron chi connectivity index (χ1n) is 11.5. The Morgan fingerprint density at radius 3 is 1.94 bits per heavy atom. The average molecular weight is 488 g/mol. The fourth-order valence-electron chi connectivity index (χ4n) is 4.24. The van der Waals surface area contributed by atoms with Crippen LogP contribution in [0.1, 0.15) is 29.5 Å². The van der Waals surface area contributed by atoms with Crippen molar-refractivity contribution >= 4 is 11.9 Å². The minimum absolute atomic E-state index is 0.249. The molecule has 8 nitrogen and oxygen atoms in total. The van der Waals surface area contributed by atoms with Crippen LogP contribution in [0.15, 0.2) is 36.4 Å². The Kier molecular flexibility index (Phi) is 10.4. The van der Waals surface area contributed by atoms with E-state index in [2.05, 4.69) is 4.90 Å². The van der Waals surface area contributed by atoms with Crippen molar-refractivity contribution in [3.05, 3.63) is 53.1 Å². The Morgan fingerprint density at radius 2 is 1.40 bits per heavy atom. The minimum Gasteiger partial charge on any atom is -0.496 e. The molecule has 0 atom stereocenters. The van der Waals surface area contributed by atoms with Crippen LogP contribution in [-0.2, 0) is 30.9 Å². The molecule has 2 rings (SSSR count). The number of nitrogens with zero attached hydrogens (tertiary/aromatic N) is 1. The first kappa shape index (κ1) is 28.0. The summed E-state index contributed by atoms with van der Waals surface area (Å²) >= 11 is 0. The van der Waals surface area contributed by atoms with E-state index in [-0.39, 0.29) is 6.42 Å². The van der Waals surface area contributed by atoms with Gasteiger partial charge in [-0.25, -0.2) is 0 Å². The van der Waals surface area contributed by atoms with Gasteiger partial charge in [0, 0.05) is 6.54 Å². The van der Waals surface area contributed by atoms with Crippen molar-refractivity contribution in [2.45, 2.75) is 31.6 Å². The fraction of sp³-hybridized carbons (Fsp3) is 0.481. The molecule has 0 aliphatic heterocycles. The number of hydrogen-bond acceptors (Lipinski definition) is 8. The average Bonchev–Trinajstić information content (AvgIpc) is 2.88. The van der Waals surface area contributed by atoms with E-state index in [9.17, 15) is 9.59 Å². The molecule has 192 valence electrons. The first-order valence-corrected chi connectivity index (χ1v) is 11.5. The van der Waals surface area contributed by atoms with Gasteiger partial charge in [-0.15, -0.1) is 0 Å². The Balaban J connectivity index is 2.14. The lowest BCUT2D eigenvalue weighted by molar-refractivity contribution is -0.162. The number of aryl methyl sites for hydroxylation is 1. The maximum Gasteiger partial charge on any atom is 0.327 e. The van der Waals surface area contributed by atoms with Crippen LogP contribution in [0.5, 0.6) is 17.2 Å². The molecule has 0 aliphatic rings. The molecule has 0 saturated carbocycles. The standard InChI is InChI=1S/C27H37NO7/c1-19-17-21(10-12-22(19)31-3)27(25(29)34-6,26(30)35-7)14-8-15-28(2)16-13-20-9-11-23(32-4)24(18-20)33-5/h9-12,17-18H,8,13-16H2,1-7H3. The molecule has 0 fully saturated rings. The van der Waals surface area contributed by atoms with E-state index < -0.39 is 17.4 Å². The Labute approximate surface area is 208 Å². The number of carbonyl (C=O) groups excluding carboxylic acids is 2. The Morgan fingerprint density at radius 1 is 0.800 bits per heavy atom. The van der Waals surface area contributed by atoms with Crippen LogP contribution in [0.2, 0.25) is 0 Å². The van der Waals surface area contributed by atoms with Gasteiger partial charge in [-0.1, -0.05) is 18.2 Å². The van der Waals surface area contributed by atoms with E-state index in [1.54, 1.807) is 39.5 Å². The third-order valence-corrected chi connectivity index (χ3v) is 6.28. The molecule has 0 N–H and O–H groups in total. The van der Waals surface area contributed by atoms with Crippen LogP contribution in [0.4, 0.5) is 0 Å². The number of benzene rings is 2. The third kappa shape index (κ3) is 6.45. The number of esters is 2. The lowest BCUT2D eigenvalue weighted by atomic mass is 9.76. The van der Waals surface area contributed by atoms with Crippen molar-refractivity contribution in [2.75, 3.05) is 55.7 Å². The van der Waals surface area contributed by atoms with Crippen LogP contribution in [0.3, 0.4) is 0 Å². The zero-order chi connectivity index (χ0) is 26.0. The summed E-state index contributed by atoms with van der Waals surface area (Å²) in [6, 6.07) is 11.1. The van der Waals surface area contributed by atoms with Crippen LogP contribution in [-0.4, -0.2) is 72.5 Å². The van der Waals surface area contributed by atoms with E-state index >= 15 is 0 Å². The van der Waals surface area contributed by atoms with Crippen molar-refractivity contribution in [3.8, 4) is 17.2 Å². The second-order valence-electron chi connectivity index (χ2n) is 8.42. The first-order chi connectivity index (χ1) is 16.8. The van der Waals surface area contributed by atoms with E-state index in [1.165, 1.54) is 14.2 Å². The van der Waals surface area contributed by atoms with Crippen LogP contribution in [0, 0.1) is 6.92 Å². The van der Waals surface area contributed by atoms with E-state index in [0.29, 0.717) is 35.8 Å². The molecule has 2 aromatic rings. The highest BCUT2D eigenvalue weighted by molar-refractivity contribution is 6.06. The number of hydrogen-bond donors (Lipinski definition) is 0. The molecule has 0 heterocycles. The van der Waals surface area contributed by atoms with Gasteiger partial charge in [-0.3, -0.25) is 9.59 Å². The smallest absolute Gasteiger partial charge is 0.327 e. The summed E-state index contributed by atoms with van der Waals surface area (Å²) in [6.07, 6.45) is 1.64. The highest BCUT2D eigenvalue weighted by atomic mass is 16.5. The van der Waals surface area contributed by atoms with Crippen molar-refractivity contribution in [2.24, 2.45) is 0 Å². The quantitative estimate of drug-likeness (QED) is 0.313. The largest absolute Gasteiger partial charge is 0.496 e. The van der Waals surface area contributed by atoms with Gasteiger partial charge in [0.25, 0.3) is 0 Å². The lowest BCUT2D eigenvalue weighted by Gasteiger charge is -2.30. The Bertz CT molecular complexity index is 989. The fourth-order valence-corrected chi connectivity index (χ4v) is 4.24. The van der Waals surface area contributed by atoms with Gasteiger partial charge in [-0.05, 0) is 74.7 Å². The molecular formula is C27H37NO7. The summed E-state index contributed by atoms with van der Waals surface area (Å²) in [6.45, 7) is 3.34. The van der Waals surface area contributed by atoms with Crippen LogP contribution >= 0.6 is 0 Å². The summed E-state index contributed by atoms with van der Waals surface area (Å²) in [5, 5.41) is 0. The molecule has 2 aromatic carbocycles. The van der Waals surface area contributed by atoms with Crippen molar-refractivity contribution < 1.29 is 33.3 Å². The summed E-state index contributed by atoms with van der Waals surface area (Å²) in [4.78, 5) is 28.2. The monoisotopic (exact) mass is 487 g/mol. The molecule has 0 bridgehead atoms. The summed E-state index contributed by atoms with van der Waals surface area (Å²) in [7, 11) is 9.38. The highest BCUT2D eigenvalue weighted by Crippen LogP contribution is 2.35. The minimum atomic E-state index is -1.55. The van der Waals surface area contributed by atoms with E-state index in [1.807, 2.05) is 32.2 Å². The molecule has 0 aromatic heterocycles. The molecule has 0 radical (unpaired) electrons. The second kappa shape index (κ2) is 13.0. The number of methoxy groups -OCH3 is 5. The van der Waals surface area contributed by atoms with Crippen LogP contribution < -0.4 is 14.2 Å². The van der Waals surface area contributed by atoms with Gasteiger partial charge >= 0.3 is 11.9 Å². The van der Waals surface area contributed by atoms with E-state index in [4.69, 9.17) is 23.7 Å². The van der Waals surface area contributed by atoms with E-state index in [0.717, 1.165) is 24.1 Å². The number of likely N-dealkylation sites (N-methyl/N-ethyl adjacent to an activating group) is 1. The zero-order valence-electron chi connectivity index (χ0n) is 21.8.